The van der Waals surface area contributed by atoms with E-state index in [0.717, 1.165) is 40.7 Å². The van der Waals surface area contributed by atoms with Gasteiger partial charge in [-0.25, -0.2) is 0 Å². The zero-order valence-electron chi connectivity index (χ0n) is 15.7. The Labute approximate surface area is 160 Å². The van der Waals surface area contributed by atoms with Gasteiger partial charge in [-0.05, 0) is 28.7 Å². The van der Waals surface area contributed by atoms with Gasteiger partial charge in [0.15, 0.2) is 5.78 Å². The Bertz CT molecular complexity index is 898. The zero-order valence-corrected chi connectivity index (χ0v) is 15.7. The number of carbonyl (C=O) groups excluding carboxylic acids is 1. The minimum Gasteiger partial charge on any atom is -0.380 e. The second-order valence-corrected chi connectivity index (χ2v) is 7.10. The Morgan fingerprint density at radius 2 is 1.37 bits per heavy atom. The number of carbonyl (C=O) groups is 1. The van der Waals surface area contributed by atoms with Crippen molar-refractivity contribution in [2.45, 2.75) is 25.2 Å². The first kappa shape index (κ1) is 17.7. The normalized spacial score (nSPS) is 13.8. The number of hydrogen-bond acceptors (Lipinski definition) is 2. The molecule has 4 rings (SSSR count). The van der Waals surface area contributed by atoms with E-state index in [1.807, 2.05) is 54.6 Å². The van der Waals surface area contributed by atoms with Crippen LogP contribution in [0.1, 0.15) is 41.3 Å². The standard InChI is InChI=1S/C25H24O2/c1-2-3-17-27-18-25(24(26)19-11-5-4-6-12-19)22-15-9-7-13-20(22)21-14-8-10-16-23(21)25/h4-16H,2-3,17-18H2,1H3. The largest absolute Gasteiger partial charge is 0.380 e. The van der Waals surface area contributed by atoms with Crippen LogP contribution in [0.3, 0.4) is 0 Å². The summed E-state index contributed by atoms with van der Waals surface area (Å²) in [6, 6.07) is 26.1. The van der Waals surface area contributed by atoms with E-state index in [4.69, 9.17) is 4.74 Å². The quantitative estimate of drug-likeness (QED) is 0.404. The molecule has 0 atom stereocenters. The highest BCUT2D eigenvalue weighted by Gasteiger charge is 2.49. The molecular formula is C25H24O2. The van der Waals surface area contributed by atoms with Crippen molar-refractivity contribution in [3.8, 4) is 11.1 Å². The minimum absolute atomic E-state index is 0.108. The number of fused-ring (bicyclic) bond motifs is 3. The van der Waals surface area contributed by atoms with Gasteiger partial charge in [0.25, 0.3) is 0 Å². The number of ether oxygens (including phenoxy) is 1. The van der Waals surface area contributed by atoms with E-state index in [0.29, 0.717) is 13.2 Å². The van der Waals surface area contributed by atoms with Gasteiger partial charge in [0.05, 0.1) is 6.61 Å². The maximum atomic E-state index is 13.9. The van der Waals surface area contributed by atoms with Crippen LogP contribution in [-0.2, 0) is 10.2 Å². The molecule has 0 radical (unpaired) electrons. The van der Waals surface area contributed by atoms with E-state index in [-0.39, 0.29) is 5.78 Å². The summed E-state index contributed by atoms with van der Waals surface area (Å²) in [5, 5.41) is 0. The lowest BCUT2D eigenvalue weighted by Crippen LogP contribution is -2.40. The molecule has 0 amide bonds. The smallest absolute Gasteiger partial charge is 0.180 e. The second kappa shape index (κ2) is 7.50. The molecule has 0 heterocycles. The minimum atomic E-state index is -0.789. The van der Waals surface area contributed by atoms with Crippen molar-refractivity contribution in [2.24, 2.45) is 0 Å². The maximum absolute atomic E-state index is 13.9. The molecule has 0 aromatic heterocycles. The van der Waals surface area contributed by atoms with E-state index < -0.39 is 5.41 Å². The van der Waals surface area contributed by atoms with Gasteiger partial charge in [-0.2, -0.15) is 0 Å². The summed E-state index contributed by atoms with van der Waals surface area (Å²) >= 11 is 0. The second-order valence-electron chi connectivity index (χ2n) is 7.10. The highest BCUT2D eigenvalue weighted by atomic mass is 16.5. The predicted octanol–water partition coefficient (Wildman–Crippen LogP) is 5.65. The third-order valence-corrected chi connectivity index (χ3v) is 5.45. The monoisotopic (exact) mass is 356 g/mol. The van der Waals surface area contributed by atoms with Gasteiger partial charge in [0, 0.05) is 12.2 Å². The molecular weight excluding hydrogens is 332 g/mol. The number of hydrogen-bond donors (Lipinski definition) is 0. The number of benzene rings is 3. The summed E-state index contributed by atoms with van der Waals surface area (Å²) in [5.41, 5.74) is 4.31. The molecule has 0 saturated carbocycles. The van der Waals surface area contributed by atoms with Crippen LogP contribution in [0.25, 0.3) is 11.1 Å². The third-order valence-electron chi connectivity index (χ3n) is 5.45. The van der Waals surface area contributed by atoms with Gasteiger partial charge in [0.1, 0.15) is 5.41 Å². The molecule has 1 aliphatic carbocycles. The molecule has 0 aliphatic heterocycles. The van der Waals surface area contributed by atoms with E-state index in [2.05, 4.69) is 31.2 Å². The third kappa shape index (κ3) is 2.90. The molecule has 0 fully saturated rings. The van der Waals surface area contributed by atoms with Crippen LogP contribution in [0, 0.1) is 0 Å². The highest BCUT2D eigenvalue weighted by molar-refractivity contribution is 6.10. The fraction of sp³-hybridized carbons (Fsp3) is 0.240. The van der Waals surface area contributed by atoms with Gasteiger partial charge in [-0.3, -0.25) is 4.79 Å². The number of ketones is 1. The lowest BCUT2D eigenvalue weighted by atomic mass is 9.73. The van der Waals surface area contributed by atoms with Crippen molar-refractivity contribution in [3.63, 3.8) is 0 Å². The van der Waals surface area contributed by atoms with Crippen molar-refractivity contribution in [2.75, 3.05) is 13.2 Å². The van der Waals surface area contributed by atoms with Crippen molar-refractivity contribution in [1.29, 1.82) is 0 Å². The van der Waals surface area contributed by atoms with Gasteiger partial charge >= 0.3 is 0 Å². The summed E-state index contributed by atoms with van der Waals surface area (Å²) in [4.78, 5) is 13.9. The topological polar surface area (TPSA) is 26.3 Å². The molecule has 3 aromatic rings. The highest BCUT2D eigenvalue weighted by Crippen LogP contribution is 2.50. The number of Topliss-reactive ketones (excluding diaryl/α,β-unsaturated/α-hetero) is 1. The summed E-state index contributed by atoms with van der Waals surface area (Å²) in [6.07, 6.45) is 2.08. The maximum Gasteiger partial charge on any atom is 0.180 e. The van der Waals surface area contributed by atoms with Gasteiger partial charge in [0.2, 0.25) is 0 Å². The van der Waals surface area contributed by atoms with E-state index in [1.165, 1.54) is 0 Å². The summed E-state index contributed by atoms with van der Waals surface area (Å²) < 4.78 is 6.10. The van der Waals surface area contributed by atoms with Crippen LogP contribution in [0.15, 0.2) is 78.9 Å². The van der Waals surface area contributed by atoms with Crippen molar-refractivity contribution < 1.29 is 9.53 Å². The number of unbranched alkanes of at least 4 members (excludes halogenated alkanes) is 1. The van der Waals surface area contributed by atoms with Crippen LogP contribution < -0.4 is 0 Å². The fourth-order valence-corrected chi connectivity index (χ4v) is 4.10. The van der Waals surface area contributed by atoms with Crippen LogP contribution in [-0.4, -0.2) is 19.0 Å². The van der Waals surface area contributed by atoms with Gasteiger partial charge in [-0.15, -0.1) is 0 Å². The first-order valence-electron chi connectivity index (χ1n) is 9.66. The summed E-state index contributed by atoms with van der Waals surface area (Å²) in [7, 11) is 0. The zero-order chi connectivity index (χ0) is 18.7. The van der Waals surface area contributed by atoms with Crippen molar-refractivity contribution >= 4 is 5.78 Å². The molecule has 3 aromatic carbocycles. The van der Waals surface area contributed by atoms with E-state index in [1.54, 1.807) is 0 Å². The first-order valence-corrected chi connectivity index (χ1v) is 9.66. The Morgan fingerprint density at radius 3 is 1.96 bits per heavy atom. The predicted molar refractivity (Wildman–Crippen MR) is 109 cm³/mol. The Morgan fingerprint density at radius 1 is 0.815 bits per heavy atom. The SMILES string of the molecule is CCCCOCC1(C(=O)c2ccccc2)c2ccccc2-c2ccccc21. The van der Waals surface area contributed by atoms with Gasteiger partial charge < -0.3 is 4.74 Å². The fourth-order valence-electron chi connectivity index (χ4n) is 4.10. The average molecular weight is 356 g/mol. The molecule has 136 valence electrons. The molecule has 2 nitrogen and oxygen atoms in total. The Kier molecular flexibility index (Phi) is 4.91. The lowest BCUT2D eigenvalue weighted by Gasteiger charge is -2.30. The van der Waals surface area contributed by atoms with Crippen LogP contribution in [0.2, 0.25) is 0 Å². The lowest BCUT2D eigenvalue weighted by molar-refractivity contribution is 0.0681. The Balaban J connectivity index is 1.89. The van der Waals surface area contributed by atoms with Crippen molar-refractivity contribution in [3.05, 3.63) is 95.6 Å². The van der Waals surface area contributed by atoms with Crippen LogP contribution in [0.4, 0.5) is 0 Å². The molecule has 0 saturated heterocycles. The van der Waals surface area contributed by atoms with Crippen molar-refractivity contribution in [1.82, 2.24) is 0 Å². The first-order chi connectivity index (χ1) is 13.3. The van der Waals surface area contributed by atoms with Gasteiger partial charge in [-0.1, -0.05) is 92.2 Å². The molecule has 2 heteroatoms. The Hall–Kier alpha value is -2.71. The number of rotatable bonds is 7. The molecule has 0 spiro atoms. The summed E-state index contributed by atoms with van der Waals surface area (Å²) in [6.45, 7) is 3.19. The van der Waals surface area contributed by atoms with Crippen LogP contribution >= 0.6 is 0 Å². The molecule has 0 bridgehead atoms. The molecule has 0 N–H and O–H groups in total. The van der Waals surface area contributed by atoms with Crippen LogP contribution in [0.5, 0.6) is 0 Å². The van der Waals surface area contributed by atoms with E-state index >= 15 is 0 Å². The molecule has 1 aliphatic rings. The molecule has 0 unspecified atom stereocenters. The van der Waals surface area contributed by atoms with E-state index in [9.17, 15) is 4.79 Å². The molecule has 27 heavy (non-hydrogen) atoms. The summed E-state index contributed by atoms with van der Waals surface area (Å²) in [5.74, 6) is 0.108. The average Bonchev–Trinajstić information content (AvgIpc) is 3.03.